The van der Waals surface area contributed by atoms with E-state index < -0.39 is 0 Å². The molecule has 1 aromatic carbocycles. The number of carbonyl (C=O) groups excluding carboxylic acids is 1. The number of benzene rings is 1. The molecule has 5 rings (SSSR count). The normalized spacial score (nSPS) is 28.3. The lowest BCUT2D eigenvalue weighted by Crippen LogP contribution is -2.36. The lowest BCUT2D eigenvalue weighted by Gasteiger charge is -2.28. The highest BCUT2D eigenvalue weighted by Crippen LogP contribution is 2.36. The topological polar surface area (TPSA) is 64.3 Å². The minimum absolute atomic E-state index is 0.0355. The zero-order chi connectivity index (χ0) is 19.8. The molecule has 1 saturated carbocycles. The first-order valence-electron chi connectivity index (χ1n) is 11.0. The summed E-state index contributed by atoms with van der Waals surface area (Å²) < 4.78 is 0. The number of rotatable bonds is 3. The minimum Gasteiger partial charge on any atom is -0.370 e. The van der Waals surface area contributed by atoms with E-state index in [2.05, 4.69) is 50.6 Å². The van der Waals surface area contributed by atoms with Crippen LogP contribution in [0.5, 0.6) is 0 Å². The Labute approximate surface area is 176 Å². The molecule has 3 atom stereocenters. The average molecular weight is 414 g/mol. The van der Waals surface area contributed by atoms with Gasteiger partial charge in [-0.2, -0.15) is 16.9 Å². The fraction of sp³-hybridized carbons (Fsp3) is 0.636. The Morgan fingerprint density at radius 1 is 1.21 bits per heavy atom. The van der Waals surface area contributed by atoms with Crippen molar-refractivity contribution in [2.45, 2.75) is 44.2 Å². The predicted molar refractivity (Wildman–Crippen MR) is 120 cm³/mol. The van der Waals surface area contributed by atoms with Crippen molar-refractivity contribution in [3.63, 3.8) is 0 Å². The Hall–Kier alpha value is -1.73. The second kappa shape index (κ2) is 8.19. The molecule has 7 heteroatoms. The van der Waals surface area contributed by atoms with Gasteiger partial charge in [0.1, 0.15) is 0 Å². The monoisotopic (exact) mass is 413 g/mol. The molecule has 0 spiro atoms. The quantitative estimate of drug-likeness (QED) is 0.810. The summed E-state index contributed by atoms with van der Waals surface area (Å²) in [5.74, 6) is 3.00. The standard InChI is InChI=1S/C22H31N5OS/c1-26-7-3-2-4-15-12-16(13-20(15)26)23-22(28)21-18-14-17(5-6-19(18)24-25-21)27-8-10-29-11-9-27/h5-6,14-16,20H,2-4,7-13H2,1H3,(H,23,28)(H,24,25)/t15?,16-,20?/m0/s1. The Morgan fingerprint density at radius 3 is 2.93 bits per heavy atom. The zero-order valence-electron chi connectivity index (χ0n) is 17.2. The maximum Gasteiger partial charge on any atom is 0.272 e. The third-order valence-corrected chi connectivity index (χ3v) is 7.97. The molecule has 2 unspecified atom stereocenters. The number of amides is 1. The van der Waals surface area contributed by atoms with E-state index in [1.807, 2.05) is 11.8 Å². The number of fused-ring (bicyclic) bond motifs is 2. The van der Waals surface area contributed by atoms with Crippen molar-refractivity contribution < 1.29 is 4.79 Å². The van der Waals surface area contributed by atoms with Crippen LogP contribution < -0.4 is 10.2 Å². The van der Waals surface area contributed by atoms with Gasteiger partial charge in [-0.25, -0.2) is 0 Å². The summed E-state index contributed by atoms with van der Waals surface area (Å²) >= 11 is 2.01. The lowest BCUT2D eigenvalue weighted by molar-refractivity contribution is 0.0932. The zero-order valence-corrected chi connectivity index (χ0v) is 18.0. The molecule has 3 aliphatic rings. The van der Waals surface area contributed by atoms with Crippen molar-refractivity contribution in [2.24, 2.45) is 5.92 Å². The molecule has 2 aliphatic heterocycles. The summed E-state index contributed by atoms with van der Waals surface area (Å²) in [4.78, 5) is 18.0. The first-order valence-corrected chi connectivity index (χ1v) is 12.2. The second-order valence-electron chi connectivity index (χ2n) is 8.85. The number of aromatic amines is 1. The van der Waals surface area contributed by atoms with Gasteiger partial charge in [0.05, 0.1) is 5.52 Å². The van der Waals surface area contributed by atoms with Crippen LogP contribution in [-0.2, 0) is 0 Å². The fourth-order valence-electron chi connectivity index (χ4n) is 5.45. The number of hydrogen-bond donors (Lipinski definition) is 2. The van der Waals surface area contributed by atoms with Gasteiger partial charge in [0.25, 0.3) is 5.91 Å². The van der Waals surface area contributed by atoms with Gasteiger partial charge in [0.2, 0.25) is 0 Å². The lowest BCUT2D eigenvalue weighted by atomic mass is 9.98. The Morgan fingerprint density at radius 2 is 2.07 bits per heavy atom. The molecular weight excluding hydrogens is 382 g/mol. The first kappa shape index (κ1) is 19.2. The smallest absolute Gasteiger partial charge is 0.272 e. The highest BCUT2D eigenvalue weighted by Gasteiger charge is 2.38. The van der Waals surface area contributed by atoms with Gasteiger partial charge in [-0.1, -0.05) is 6.42 Å². The number of H-pyrrole nitrogens is 1. The van der Waals surface area contributed by atoms with E-state index in [1.54, 1.807) is 0 Å². The van der Waals surface area contributed by atoms with E-state index in [1.165, 1.54) is 31.5 Å². The van der Waals surface area contributed by atoms with Crippen LogP contribution in [0, 0.1) is 5.92 Å². The largest absolute Gasteiger partial charge is 0.370 e. The summed E-state index contributed by atoms with van der Waals surface area (Å²) in [6.45, 7) is 3.31. The van der Waals surface area contributed by atoms with Crippen LogP contribution in [0.2, 0.25) is 0 Å². The van der Waals surface area contributed by atoms with Gasteiger partial charge in [0.15, 0.2) is 5.69 Å². The summed E-state index contributed by atoms with van der Waals surface area (Å²) in [6.07, 6.45) is 6.07. The number of hydrogen-bond acceptors (Lipinski definition) is 5. The first-order chi connectivity index (χ1) is 14.2. The third kappa shape index (κ3) is 3.87. The maximum atomic E-state index is 13.1. The molecule has 0 bridgehead atoms. The summed E-state index contributed by atoms with van der Waals surface area (Å²) in [5.41, 5.74) is 2.66. The Kier molecular flexibility index (Phi) is 5.43. The fourth-order valence-corrected chi connectivity index (χ4v) is 6.35. The summed E-state index contributed by atoms with van der Waals surface area (Å²) in [6, 6.07) is 7.20. The number of carbonyl (C=O) groups is 1. The van der Waals surface area contributed by atoms with Crippen LogP contribution in [-0.4, -0.2) is 71.3 Å². The van der Waals surface area contributed by atoms with E-state index in [0.717, 1.165) is 48.3 Å². The molecule has 1 amide bonds. The van der Waals surface area contributed by atoms with Crippen molar-refractivity contribution in [3.05, 3.63) is 23.9 Å². The molecule has 29 heavy (non-hydrogen) atoms. The van der Waals surface area contributed by atoms with Gasteiger partial charge in [-0.15, -0.1) is 0 Å². The van der Waals surface area contributed by atoms with Gasteiger partial charge < -0.3 is 15.1 Å². The molecule has 156 valence electrons. The van der Waals surface area contributed by atoms with Crippen molar-refractivity contribution in [1.82, 2.24) is 20.4 Å². The molecule has 3 heterocycles. The van der Waals surface area contributed by atoms with Crippen LogP contribution >= 0.6 is 11.8 Å². The molecule has 6 nitrogen and oxygen atoms in total. The van der Waals surface area contributed by atoms with Crippen molar-refractivity contribution in [2.75, 3.05) is 43.1 Å². The molecule has 3 fully saturated rings. The highest BCUT2D eigenvalue weighted by molar-refractivity contribution is 7.99. The Bertz CT molecular complexity index is 877. The van der Waals surface area contributed by atoms with Crippen molar-refractivity contribution in [3.8, 4) is 0 Å². The van der Waals surface area contributed by atoms with E-state index >= 15 is 0 Å². The number of nitrogens with zero attached hydrogens (tertiary/aromatic N) is 3. The number of anilines is 1. The van der Waals surface area contributed by atoms with Crippen LogP contribution in [0.4, 0.5) is 5.69 Å². The van der Waals surface area contributed by atoms with E-state index in [9.17, 15) is 4.79 Å². The molecular formula is C22H31N5OS. The van der Waals surface area contributed by atoms with Crippen LogP contribution in [0.3, 0.4) is 0 Å². The van der Waals surface area contributed by atoms with Gasteiger partial charge >= 0.3 is 0 Å². The number of nitrogens with one attached hydrogen (secondary N) is 2. The van der Waals surface area contributed by atoms with Gasteiger partial charge in [0, 0.05) is 47.8 Å². The molecule has 2 saturated heterocycles. The average Bonchev–Trinajstić information content (AvgIpc) is 3.31. The van der Waals surface area contributed by atoms with E-state index in [0.29, 0.717) is 17.7 Å². The molecule has 2 aromatic rings. The van der Waals surface area contributed by atoms with Gasteiger partial charge in [-0.05, 0) is 63.4 Å². The summed E-state index contributed by atoms with van der Waals surface area (Å²) in [5, 5.41) is 11.7. The van der Waals surface area contributed by atoms with E-state index in [-0.39, 0.29) is 11.9 Å². The second-order valence-corrected chi connectivity index (χ2v) is 10.1. The number of aromatic nitrogens is 2. The number of thioether (sulfide) groups is 1. The SMILES string of the molecule is CN1CCCCC2C[C@H](NC(=O)c3n[nH]c4ccc(N5CCSCC5)cc34)CC21. The highest BCUT2D eigenvalue weighted by atomic mass is 32.2. The maximum absolute atomic E-state index is 13.1. The molecule has 0 radical (unpaired) electrons. The predicted octanol–water partition coefficient (Wildman–Crippen LogP) is 3.11. The molecule has 1 aliphatic carbocycles. The number of likely N-dealkylation sites (tertiary alicyclic amines) is 1. The molecule has 2 N–H and O–H groups in total. The minimum atomic E-state index is -0.0355. The summed E-state index contributed by atoms with van der Waals surface area (Å²) in [7, 11) is 2.25. The van der Waals surface area contributed by atoms with Gasteiger partial charge in [-0.3, -0.25) is 9.89 Å². The van der Waals surface area contributed by atoms with Crippen molar-refractivity contribution in [1.29, 1.82) is 0 Å². The van der Waals surface area contributed by atoms with Crippen LogP contribution in [0.15, 0.2) is 18.2 Å². The van der Waals surface area contributed by atoms with E-state index in [4.69, 9.17) is 0 Å². The van der Waals surface area contributed by atoms with Crippen LogP contribution in [0.25, 0.3) is 10.9 Å². The Balaban J connectivity index is 1.32. The third-order valence-electron chi connectivity index (χ3n) is 7.03. The van der Waals surface area contributed by atoms with Crippen LogP contribution in [0.1, 0.15) is 42.6 Å². The van der Waals surface area contributed by atoms with Crippen molar-refractivity contribution >= 4 is 34.3 Å². The molecule has 1 aromatic heterocycles.